The Morgan fingerprint density at radius 3 is 2.19 bits per heavy atom. The van der Waals surface area contributed by atoms with E-state index in [1.54, 1.807) is 0 Å². The number of carboxylic acid groups (broad SMARTS) is 1. The molecule has 0 aliphatic carbocycles. The van der Waals surface area contributed by atoms with Gasteiger partial charge in [0.2, 0.25) is 0 Å². The quantitative estimate of drug-likeness (QED) is 0.840. The highest BCUT2D eigenvalue weighted by atomic mass is 19.4. The number of halogens is 3. The molecule has 2 rings (SSSR count). The number of benzene rings is 1. The summed E-state index contributed by atoms with van der Waals surface area (Å²) < 4.78 is 42.7. The second-order valence-electron chi connectivity index (χ2n) is 5.19. The van der Waals surface area contributed by atoms with E-state index < -0.39 is 23.6 Å². The van der Waals surface area contributed by atoms with Gasteiger partial charge < -0.3 is 14.7 Å². The summed E-state index contributed by atoms with van der Waals surface area (Å²) in [6.45, 7) is 0.191. The van der Waals surface area contributed by atoms with Gasteiger partial charge in [-0.15, -0.1) is 0 Å². The molecule has 1 N–H and O–H groups in total. The Hall–Kier alpha value is -3.17. The Morgan fingerprint density at radius 1 is 1.12 bits per heavy atom. The number of carbonyl (C=O) groups excluding carboxylic acids is 1. The van der Waals surface area contributed by atoms with Crippen molar-refractivity contribution in [3.05, 3.63) is 53.6 Å². The third-order valence-electron chi connectivity index (χ3n) is 3.31. The summed E-state index contributed by atoms with van der Waals surface area (Å²) in [4.78, 5) is 31.4. The number of likely N-dealkylation sites (N-methyl/N-ethyl adjacent to an activating group) is 1. The van der Waals surface area contributed by atoms with Crippen molar-refractivity contribution in [2.24, 2.45) is 0 Å². The molecular formula is C16H14F3N3O4. The molecule has 0 unspecified atom stereocenters. The van der Waals surface area contributed by atoms with E-state index in [-0.39, 0.29) is 30.3 Å². The molecule has 0 radical (unpaired) electrons. The highest BCUT2D eigenvalue weighted by Crippen LogP contribution is 2.30. The summed E-state index contributed by atoms with van der Waals surface area (Å²) in [6.07, 6.45) is -2.39. The van der Waals surface area contributed by atoms with Gasteiger partial charge in [0.1, 0.15) is 18.1 Å². The SMILES string of the molecule is CN(CCOc1ccc(C(F)(F)F)cc1)C(=O)c1cnc(C(=O)O)cn1. The van der Waals surface area contributed by atoms with E-state index in [2.05, 4.69) is 9.97 Å². The van der Waals surface area contributed by atoms with Crippen molar-refractivity contribution in [1.29, 1.82) is 0 Å². The molecule has 26 heavy (non-hydrogen) atoms. The molecule has 0 saturated carbocycles. The first kappa shape index (κ1) is 19.2. The Kier molecular flexibility index (Phi) is 5.75. The van der Waals surface area contributed by atoms with E-state index in [1.807, 2.05) is 0 Å². The molecule has 0 fully saturated rings. The van der Waals surface area contributed by atoms with Gasteiger partial charge in [-0.25, -0.2) is 14.8 Å². The number of hydrogen-bond acceptors (Lipinski definition) is 5. The van der Waals surface area contributed by atoms with Gasteiger partial charge in [0.05, 0.1) is 24.5 Å². The average Bonchev–Trinajstić information content (AvgIpc) is 2.60. The lowest BCUT2D eigenvalue weighted by atomic mass is 10.2. The van der Waals surface area contributed by atoms with Gasteiger partial charge in [-0.2, -0.15) is 13.2 Å². The second-order valence-corrected chi connectivity index (χ2v) is 5.19. The first-order valence-electron chi connectivity index (χ1n) is 7.29. The summed E-state index contributed by atoms with van der Waals surface area (Å²) in [5.41, 5.74) is -1.10. The molecule has 0 spiro atoms. The molecule has 0 atom stereocenters. The number of hydrogen-bond donors (Lipinski definition) is 1. The predicted molar refractivity (Wildman–Crippen MR) is 82.9 cm³/mol. The van der Waals surface area contributed by atoms with Crippen LogP contribution in [0.4, 0.5) is 13.2 Å². The topological polar surface area (TPSA) is 92.6 Å². The monoisotopic (exact) mass is 369 g/mol. The van der Waals surface area contributed by atoms with E-state index in [4.69, 9.17) is 9.84 Å². The lowest BCUT2D eigenvalue weighted by molar-refractivity contribution is -0.137. The summed E-state index contributed by atoms with van der Waals surface area (Å²) in [5.74, 6) is -1.51. The first-order chi connectivity index (χ1) is 12.2. The molecule has 1 aromatic heterocycles. The number of nitrogens with zero attached hydrogens (tertiary/aromatic N) is 3. The minimum Gasteiger partial charge on any atom is -0.492 e. The van der Waals surface area contributed by atoms with Gasteiger partial charge in [-0.1, -0.05) is 0 Å². The summed E-state index contributed by atoms with van der Waals surface area (Å²) in [7, 11) is 1.48. The number of carboxylic acids is 1. The predicted octanol–water partition coefficient (Wildman–Crippen LogP) is 2.34. The third kappa shape index (κ3) is 4.91. The zero-order valence-electron chi connectivity index (χ0n) is 13.5. The fourth-order valence-corrected chi connectivity index (χ4v) is 1.89. The van der Waals surface area contributed by atoms with Crippen molar-refractivity contribution in [3.8, 4) is 5.75 Å². The van der Waals surface area contributed by atoms with Crippen molar-refractivity contribution in [2.45, 2.75) is 6.18 Å². The molecule has 0 saturated heterocycles. The fourth-order valence-electron chi connectivity index (χ4n) is 1.89. The van der Waals surface area contributed by atoms with E-state index in [0.29, 0.717) is 0 Å². The Labute approximate surface area is 146 Å². The van der Waals surface area contributed by atoms with Crippen LogP contribution in [0.25, 0.3) is 0 Å². The number of rotatable bonds is 6. The van der Waals surface area contributed by atoms with Crippen LogP contribution in [0.3, 0.4) is 0 Å². The van der Waals surface area contributed by atoms with Crippen LogP contribution in [0, 0.1) is 0 Å². The zero-order valence-corrected chi connectivity index (χ0v) is 13.5. The average molecular weight is 369 g/mol. The maximum absolute atomic E-state index is 12.5. The summed E-state index contributed by atoms with van der Waals surface area (Å²) in [5, 5.41) is 8.73. The summed E-state index contributed by atoms with van der Waals surface area (Å²) in [6, 6.07) is 4.20. The van der Waals surface area contributed by atoms with Gasteiger partial charge in [0, 0.05) is 7.05 Å². The van der Waals surface area contributed by atoms with Crippen molar-refractivity contribution in [2.75, 3.05) is 20.2 Å². The minimum atomic E-state index is -4.41. The number of amides is 1. The maximum atomic E-state index is 12.5. The van der Waals surface area contributed by atoms with Crippen LogP contribution in [-0.4, -0.2) is 52.1 Å². The van der Waals surface area contributed by atoms with Crippen LogP contribution < -0.4 is 4.74 Å². The van der Waals surface area contributed by atoms with E-state index in [1.165, 1.54) is 24.1 Å². The minimum absolute atomic E-state index is 0.0352. The van der Waals surface area contributed by atoms with Crippen LogP contribution in [0.15, 0.2) is 36.7 Å². The van der Waals surface area contributed by atoms with Gasteiger partial charge >= 0.3 is 12.1 Å². The molecule has 1 aromatic carbocycles. The Morgan fingerprint density at radius 2 is 1.69 bits per heavy atom. The van der Waals surface area contributed by atoms with Crippen molar-refractivity contribution >= 4 is 11.9 Å². The van der Waals surface area contributed by atoms with Crippen LogP contribution in [0.1, 0.15) is 26.5 Å². The third-order valence-corrected chi connectivity index (χ3v) is 3.31. The van der Waals surface area contributed by atoms with Crippen molar-refractivity contribution in [3.63, 3.8) is 0 Å². The molecule has 0 aliphatic rings. The molecule has 0 aliphatic heterocycles. The highest BCUT2D eigenvalue weighted by Gasteiger charge is 2.30. The van der Waals surface area contributed by atoms with Crippen LogP contribution in [0.5, 0.6) is 5.75 Å². The van der Waals surface area contributed by atoms with Gasteiger partial charge in [-0.3, -0.25) is 4.79 Å². The lowest BCUT2D eigenvalue weighted by Gasteiger charge is -2.17. The van der Waals surface area contributed by atoms with Crippen LogP contribution >= 0.6 is 0 Å². The molecule has 7 nitrogen and oxygen atoms in total. The molecule has 2 aromatic rings. The molecular weight excluding hydrogens is 355 g/mol. The van der Waals surface area contributed by atoms with Gasteiger partial charge in [-0.05, 0) is 24.3 Å². The van der Waals surface area contributed by atoms with E-state index in [0.717, 1.165) is 24.5 Å². The number of carbonyl (C=O) groups is 2. The number of alkyl halides is 3. The van der Waals surface area contributed by atoms with Crippen LogP contribution in [-0.2, 0) is 6.18 Å². The normalized spacial score (nSPS) is 11.1. The van der Waals surface area contributed by atoms with E-state index in [9.17, 15) is 22.8 Å². The molecule has 1 amide bonds. The standard InChI is InChI=1S/C16H14F3N3O4/c1-22(14(23)12-8-21-13(9-20-12)15(24)25)6-7-26-11-4-2-10(3-5-11)16(17,18)19/h2-5,8-9H,6-7H2,1H3,(H,24,25). The number of aromatic carboxylic acids is 1. The van der Waals surface area contributed by atoms with Crippen LogP contribution in [0.2, 0.25) is 0 Å². The zero-order chi connectivity index (χ0) is 19.3. The number of aromatic nitrogens is 2. The highest BCUT2D eigenvalue weighted by molar-refractivity contribution is 5.92. The van der Waals surface area contributed by atoms with Crippen molar-refractivity contribution < 1.29 is 32.6 Å². The van der Waals surface area contributed by atoms with Gasteiger partial charge in [0.25, 0.3) is 5.91 Å². The first-order valence-corrected chi connectivity index (χ1v) is 7.29. The fraction of sp³-hybridized carbons (Fsp3) is 0.250. The number of ether oxygens (including phenoxy) is 1. The smallest absolute Gasteiger partial charge is 0.416 e. The summed E-state index contributed by atoms with van der Waals surface area (Å²) >= 11 is 0. The molecule has 138 valence electrons. The Bertz CT molecular complexity index is 777. The maximum Gasteiger partial charge on any atom is 0.416 e. The molecule has 10 heteroatoms. The molecule has 1 heterocycles. The van der Waals surface area contributed by atoms with Crippen molar-refractivity contribution in [1.82, 2.24) is 14.9 Å². The second kappa shape index (κ2) is 7.81. The lowest BCUT2D eigenvalue weighted by Crippen LogP contribution is -2.31. The largest absolute Gasteiger partial charge is 0.492 e. The Balaban J connectivity index is 1.87. The van der Waals surface area contributed by atoms with Gasteiger partial charge in [0.15, 0.2) is 5.69 Å². The molecule has 0 bridgehead atoms. The van der Waals surface area contributed by atoms with E-state index >= 15 is 0 Å².